The normalized spacial score (nSPS) is 11.1. The fourth-order valence-corrected chi connectivity index (χ4v) is 1.90. The maximum atomic E-state index is 11.7. The van der Waals surface area contributed by atoms with E-state index in [4.69, 9.17) is 15.2 Å². The Bertz CT molecular complexity index is 470. The Labute approximate surface area is 121 Å². The Morgan fingerprint density at radius 3 is 2.32 bits per heavy atom. The number of nitrogens with two attached hydrogens (primary N) is 1. The molecule has 1 rings (SSSR count). The number of hydrogen-bond donors (Lipinski definition) is 2. The molecule has 6 heteroatoms. The molecule has 0 radical (unpaired) electrons. The van der Waals surface area contributed by atoms with Gasteiger partial charge in [0, 0.05) is 11.0 Å². The lowest BCUT2D eigenvalue weighted by molar-refractivity contribution is -0.125. The highest BCUT2D eigenvalue weighted by molar-refractivity contribution is 9.10. The molecule has 0 saturated heterocycles. The van der Waals surface area contributed by atoms with E-state index in [9.17, 15) is 4.79 Å². The minimum Gasteiger partial charge on any atom is -0.493 e. The average molecular weight is 331 g/mol. The smallest absolute Gasteiger partial charge is 0.239 e. The molecule has 0 aliphatic heterocycles. The molecule has 1 aromatic rings. The third-order valence-corrected chi connectivity index (χ3v) is 3.32. The molecule has 0 aromatic heterocycles. The maximum Gasteiger partial charge on any atom is 0.239 e. The summed E-state index contributed by atoms with van der Waals surface area (Å²) in [6.07, 6.45) is 0. The third kappa shape index (κ3) is 4.11. The van der Waals surface area contributed by atoms with Crippen LogP contribution in [0.5, 0.6) is 11.5 Å². The molecule has 0 atom stereocenters. The van der Waals surface area contributed by atoms with Gasteiger partial charge >= 0.3 is 0 Å². The van der Waals surface area contributed by atoms with Crippen LogP contribution in [0, 0.1) is 0 Å². The summed E-state index contributed by atoms with van der Waals surface area (Å²) >= 11 is 3.43. The first-order valence-electron chi connectivity index (χ1n) is 5.77. The number of carbonyl (C=O) groups is 1. The lowest BCUT2D eigenvalue weighted by atomic mass is 10.1. The van der Waals surface area contributed by atoms with Crippen molar-refractivity contribution < 1.29 is 14.3 Å². The van der Waals surface area contributed by atoms with E-state index in [0.717, 1.165) is 10.0 Å². The minimum absolute atomic E-state index is 0.214. The standard InChI is InChI=1S/C13H19BrN2O3/c1-13(2,15)12(17)16-7-8-5-10(18-3)11(19-4)6-9(8)14/h5-6H,7,15H2,1-4H3,(H,16,17). The van der Waals surface area contributed by atoms with Crippen molar-refractivity contribution in [2.75, 3.05) is 14.2 Å². The van der Waals surface area contributed by atoms with Gasteiger partial charge in [-0.2, -0.15) is 0 Å². The van der Waals surface area contributed by atoms with Crippen molar-refractivity contribution >= 4 is 21.8 Å². The molecule has 5 nitrogen and oxygen atoms in total. The van der Waals surface area contributed by atoms with E-state index in [-0.39, 0.29) is 5.91 Å². The van der Waals surface area contributed by atoms with Gasteiger partial charge in [-0.3, -0.25) is 4.79 Å². The Hall–Kier alpha value is -1.27. The summed E-state index contributed by atoms with van der Waals surface area (Å²) in [6, 6.07) is 3.61. The summed E-state index contributed by atoms with van der Waals surface area (Å²) in [5.74, 6) is 1.03. The highest BCUT2D eigenvalue weighted by Gasteiger charge is 2.21. The van der Waals surface area contributed by atoms with Crippen LogP contribution in [-0.2, 0) is 11.3 Å². The van der Waals surface area contributed by atoms with Gasteiger partial charge in [-0.1, -0.05) is 15.9 Å². The van der Waals surface area contributed by atoms with E-state index >= 15 is 0 Å². The summed E-state index contributed by atoms with van der Waals surface area (Å²) in [7, 11) is 3.14. The number of carbonyl (C=O) groups excluding carboxylic acids is 1. The van der Waals surface area contributed by atoms with Crippen LogP contribution in [0.2, 0.25) is 0 Å². The van der Waals surface area contributed by atoms with E-state index < -0.39 is 5.54 Å². The van der Waals surface area contributed by atoms with Gasteiger partial charge in [0.2, 0.25) is 5.91 Å². The van der Waals surface area contributed by atoms with Crippen LogP contribution in [0.25, 0.3) is 0 Å². The van der Waals surface area contributed by atoms with E-state index in [0.29, 0.717) is 18.0 Å². The summed E-state index contributed by atoms with van der Waals surface area (Å²) < 4.78 is 11.2. The van der Waals surface area contributed by atoms with E-state index in [2.05, 4.69) is 21.2 Å². The molecule has 0 aliphatic carbocycles. The first kappa shape index (κ1) is 15.8. The van der Waals surface area contributed by atoms with E-state index in [1.807, 2.05) is 6.07 Å². The predicted octanol–water partition coefficient (Wildman–Crippen LogP) is 1.82. The number of rotatable bonds is 5. The van der Waals surface area contributed by atoms with Crippen LogP contribution < -0.4 is 20.5 Å². The molecule has 0 fully saturated rings. The Morgan fingerprint density at radius 1 is 1.32 bits per heavy atom. The number of amides is 1. The molecular weight excluding hydrogens is 312 g/mol. The van der Waals surface area contributed by atoms with Crippen LogP contribution in [0.4, 0.5) is 0 Å². The molecule has 0 saturated carbocycles. The van der Waals surface area contributed by atoms with Crippen LogP contribution in [0.1, 0.15) is 19.4 Å². The number of hydrogen-bond acceptors (Lipinski definition) is 4. The molecular formula is C13H19BrN2O3. The molecule has 0 spiro atoms. The lowest BCUT2D eigenvalue weighted by Crippen LogP contribution is -2.48. The summed E-state index contributed by atoms with van der Waals surface area (Å²) in [5, 5.41) is 2.78. The molecule has 0 heterocycles. The van der Waals surface area contributed by atoms with Crippen molar-refractivity contribution in [2.45, 2.75) is 25.9 Å². The molecule has 3 N–H and O–H groups in total. The number of halogens is 1. The number of nitrogens with one attached hydrogen (secondary N) is 1. The first-order valence-corrected chi connectivity index (χ1v) is 6.56. The van der Waals surface area contributed by atoms with Gasteiger partial charge in [0.05, 0.1) is 19.8 Å². The Kier molecular flexibility index (Phi) is 5.20. The summed E-state index contributed by atoms with van der Waals surface area (Å²) in [6.45, 7) is 3.68. The maximum absolute atomic E-state index is 11.7. The lowest BCUT2D eigenvalue weighted by Gasteiger charge is -2.18. The third-order valence-electron chi connectivity index (χ3n) is 2.58. The largest absolute Gasteiger partial charge is 0.493 e. The Morgan fingerprint density at radius 2 is 1.84 bits per heavy atom. The first-order chi connectivity index (χ1) is 8.79. The number of ether oxygens (including phenoxy) is 2. The van der Waals surface area contributed by atoms with Crippen LogP contribution >= 0.6 is 15.9 Å². The topological polar surface area (TPSA) is 73.6 Å². The van der Waals surface area contributed by atoms with Gasteiger partial charge in [0.25, 0.3) is 0 Å². The van der Waals surface area contributed by atoms with Crippen molar-refractivity contribution in [3.8, 4) is 11.5 Å². The minimum atomic E-state index is -0.900. The SMILES string of the molecule is COc1cc(Br)c(CNC(=O)C(C)(C)N)cc1OC. The van der Waals surface area contributed by atoms with E-state index in [1.165, 1.54) is 0 Å². The molecule has 106 valence electrons. The van der Waals surface area contributed by atoms with Crippen molar-refractivity contribution in [3.05, 3.63) is 22.2 Å². The van der Waals surface area contributed by atoms with Gasteiger partial charge in [-0.15, -0.1) is 0 Å². The molecule has 0 bridgehead atoms. The highest BCUT2D eigenvalue weighted by Crippen LogP contribution is 2.33. The number of benzene rings is 1. The predicted molar refractivity (Wildman–Crippen MR) is 77.4 cm³/mol. The molecule has 0 aliphatic rings. The summed E-state index contributed by atoms with van der Waals surface area (Å²) in [4.78, 5) is 11.7. The Balaban J connectivity index is 2.88. The van der Waals surface area contributed by atoms with Crippen LogP contribution in [0.15, 0.2) is 16.6 Å². The van der Waals surface area contributed by atoms with Gasteiger partial charge < -0.3 is 20.5 Å². The molecule has 19 heavy (non-hydrogen) atoms. The quantitative estimate of drug-likeness (QED) is 0.863. The van der Waals surface area contributed by atoms with Gasteiger partial charge in [0.15, 0.2) is 11.5 Å². The average Bonchev–Trinajstić information content (AvgIpc) is 2.35. The molecule has 0 unspecified atom stereocenters. The van der Waals surface area contributed by atoms with Crippen molar-refractivity contribution in [1.29, 1.82) is 0 Å². The second-order valence-electron chi connectivity index (χ2n) is 4.70. The van der Waals surface area contributed by atoms with Crippen molar-refractivity contribution in [1.82, 2.24) is 5.32 Å². The second-order valence-corrected chi connectivity index (χ2v) is 5.56. The zero-order valence-corrected chi connectivity index (χ0v) is 13.1. The van der Waals surface area contributed by atoms with Crippen LogP contribution in [-0.4, -0.2) is 25.7 Å². The van der Waals surface area contributed by atoms with E-state index in [1.54, 1.807) is 34.1 Å². The molecule has 1 amide bonds. The monoisotopic (exact) mass is 330 g/mol. The zero-order valence-electron chi connectivity index (χ0n) is 11.5. The van der Waals surface area contributed by atoms with Crippen LogP contribution in [0.3, 0.4) is 0 Å². The van der Waals surface area contributed by atoms with Gasteiger partial charge in [-0.25, -0.2) is 0 Å². The second kappa shape index (κ2) is 6.25. The molecule has 1 aromatic carbocycles. The van der Waals surface area contributed by atoms with Gasteiger partial charge in [0.1, 0.15) is 0 Å². The number of methoxy groups -OCH3 is 2. The van der Waals surface area contributed by atoms with Gasteiger partial charge in [-0.05, 0) is 31.5 Å². The van der Waals surface area contributed by atoms with Crippen molar-refractivity contribution in [2.24, 2.45) is 5.73 Å². The van der Waals surface area contributed by atoms with Crippen molar-refractivity contribution in [3.63, 3.8) is 0 Å². The fraction of sp³-hybridized carbons (Fsp3) is 0.462. The fourth-order valence-electron chi connectivity index (χ4n) is 1.44. The summed E-state index contributed by atoms with van der Waals surface area (Å²) in [5.41, 5.74) is 5.70. The zero-order chi connectivity index (χ0) is 14.6. The highest BCUT2D eigenvalue weighted by atomic mass is 79.9.